The van der Waals surface area contributed by atoms with Crippen molar-refractivity contribution in [2.24, 2.45) is 0 Å². The minimum Gasteiger partial charge on any atom is -0.456 e. The lowest BCUT2D eigenvalue weighted by molar-refractivity contribution is 0.0466. The second-order valence-corrected chi connectivity index (χ2v) is 6.27. The molecule has 0 bridgehead atoms. The summed E-state index contributed by atoms with van der Waals surface area (Å²) in [6.45, 7) is 0.148. The van der Waals surface area contributed by atoms with Crippen LogP contribution in [0, 0.1) is 0 Å². The van der Waals surface area contributed by atoms with Gasteiger partial charge >= 0.3 is 5.97 Å². The van der Waals surface area contributed by atoms with Crippen LogP contribution in [0.15, 0.2) is 41.2 Å². The van der Waals surface area contributed by atoms with Crippen LogP contribution in [-0.2, 0) is 11.3 Å². The predicted octanol–water partition coefficient (Wildman–Crippen LogP) is 4.28. The number of esters is 1. The summed E-state index contributed by atoms with van der Waals surface area (Å²) in [7, 11) is 0. The molecule has 3 aromatic rings. The normalized spacial score (nSPS) is 10.5. The van der Waals surface area contributed by atoms with Crippen LogP contribution in [0.5, 0.6) is 0 Å². The lowest BCUT2D eigenvalue weighted by Gasteiger charge is -2.02. The average Bonchev–Trinajstić information content (AvgIpc) is 3.17. The van der Waals surface area contributed by atoms with Crippen LogP contribution in [0.25, 0.3) is 9.88 Å². The van der Waals surface area contributed by atoms with Crippen molar-refractivity contribution >= 4 is 40.2 Å². The molecule has 0 aromatic carbocycles. The summed E-state index contributed by atoms with van der Waals surface area (Å²) in [6, 6.07) is 7.34. The first-order valence-electron chi connectivity index (χ1n) is 5.99. The second-order valence-electron chi connectivity index (χ2n) is 4.08. The molecule has 4 nitrogen and oxygen atoms in total. The molecule has 7 heteroatoms. The highest BCUT2D eigenvalue weighted by molar-refractivity contribution is 7.20. The molecule has 0 spiro atoms. The van der Waals surface area contributed by atoms with Crippen molar-refractivity contribution in [3.8, 4) is 9.88 Å². The van der Waals surface area contributed by atoms with E-state index in [-0.39, 0.29) is 6.61 Å². The van der Waals surface area contributed by atoms with E-state index < -0.39 is 5.97 Å². The fraction of sp³-hybridized carbons (Fsp3) is 0.0714. The Balaban J connectivity index is 1.64. The Morgan fingerprint density at radius 1 is 1.29 bits per heavy atom. The molecule has 0 saturated carbocycles. The smallest absolute Gasteiger partial charge is 0.358 e. The van der Waals surface area contributed by atoms with Gasteiger partial charge in [-0.25, -0.2) is 14.8 Å². The maximum atomic E-state index is 11.9. The van der Waals surface area contributed by atoms with E-state index in [9.17, 15) is 4.79 Å². The summed E-state index contributed by atoms with van der Waals surface area (Å²) in [5.41, 5.74) is 1.10. The number of thiophene rings is 1. The van der Waals surface area contributed by atoms with Gasteiger partial charge in [0.15, 0.2) is 5.69 Å². The molecule has 106 valence electrons. The van der Waals surface area contributed by atoms with E-state index >= 15 is 0 Å². The van der Waals surface area contributed by atoms with Crippen LogP contribution in [0.2, 0.25) is 5.15 Å². The van der Waals surface area contributed by atoms with Crippen molar-refractivity contribution in [1.82, 2.24) is 9.97 Å². The second kappa shape index (κ2) is 6.34. The number of aromatic nitrogens is 2. The number of ether oxygens (including phenoxy) is 1. The van der Waals surface area contributed by atoms with E-state index in [1.807, 2.05) is 17.5 Å². The van der Waals surface area contributed by atoms with E-state index in [2.05, 4.69) is 9.97 Å². The molecule has 0 aliphatic carbocycles. The molecule has 3 aromatic heterocycles. The SMILES string of the molecule is O=C(OCc1ccc(Cl)nc1)c1csc(-c2cccs2)n1. The fourth-order valence-corrected chi connectivity index (χ4v) is 3.31. The summed E-state index contributed by atoms with van der Waals surface area (Å²) in [5, 5.41) is 4.91. The molecule has 0 radical (unpaired) electrons. The van der Waals surface area contributed by atoms with Gasteiger partial charge in [-0.2, -0.15) is 0 Å². The van der Waals surface area contributed by atoms with Crippen LogP contribution in [0.4, 0.5) is 0 Å². The monoisotopic (exact) mass is 336 g/mol. The first-order chi connectivity index (χ1) is 10.2. The average molecular weight is 337 g/mol. The topological polar surface area (TPSA) is 52.1 Å². The molecule has 0 N–H and O–H groups in total. The third kappa shape index (κ3) is 3.47. The van der Waals surface area contributed by atoms with Gasteiger partial charge in [0.1, 0.15) is 16.8 Å². The zero-order valence-electron chi connectivity index (χ0n) is 10.7. The molecule has 0 aliphatic heterocycles. The number of carbonyl (C=O) groups is 1. The van der Waals surface area contributed by atoms with E-state index in [1.54, 1.807) is 35.0 Å². The number of pyridine rings is 1. The van der Waals surface area contributed by atoms with Crippen molar-refractivity contribution in [1.29, 1.82) is 0 Å². The Morgan fingerprint density at radius 3 is 2.90 bits per heavy atom. The van der Waals surface area contributed by atoms with Crippen LogP contribution >= 0.6 is 34.3 Å². The Bertz CT molecular complexity index is 739. The molecule has 0 amide bonds. The molecule has 3 rings (SSSR count). The molecule has 0 fully saturated rings. The standard InChI is InChI=1S/C14H9ClN2O2S2/c15-12-4-3-9(6-16-12)7-19-14(18)10-8-21-13(17-10)11-2-1-5-20-11/h1-6,8H,7H2. The molecular formula is C14H9ClN2O2S2. The van der Waals surface area contributed by atoms with E-state index in [4.69, 9.17) is 16.3 Å². The third-order valence-corrected chi connectivity index (χ3v) is 4.71. The van der Waals surface area contributed by atoms with Crippen molar-refractivity contribution in [3.05, 3.63) is 57.6 Å². The Kier molecular flexibility index (Phi) is 4.28. The lowest BCUT2D eigenvalue weighted by atomic mass is 10.3. The highest BCUT2D eigenvalue weighted by atomic mass is 35.5. The maximum Gasteiger partial charge on any atom is 0.358 e. The molecular weight excluding hydrogens is 328 g/mol. The number of hydrogen-bond donors (Lipinski definition) is 0. The van der Waals surface area contributed by atoms with Gasteiger partial charge in [-0.15, -0.1) is 22.7 Å². The number of halogens is 1. The van der Waals surface area contributed by atoms with Crippen molar-refractivity contribution < 1.29 is 9.53 Å². The van der Waals surface area contributed by atoms with E-state index in [1.165, 1.54) is 11.3 Å². The van der Waals surface area contributed by atoms with Gasteiger partial charge in [-0.1, -0.05) is 23.7 Å². The molecule has 3 heterocycles. The Labute approximate surface area is 134 Å². The fourth-order valence-electron chi connectivity index (χ4n) is 1.60. The predicted molar refractivity (Wildman–Crippen MR) is 83.8 cm³/mol. The van der Waals surface area contributed by atoms with Gasteiger partial charge in [-0.3, -0.25) is 0 Å². The Morgan fingerprint density at radius 2 is 2.19 bits per heavy atom. The van der Waals surface area contributed by atoms with Crippen molar-refractivity contribution in [3.63, 3.8) is 0 Å². The van der Waals surface area contributed by atoms with Crippen LogP contribution < -0.4 is 0 Å². The summed E-state index contributed by atoms with van der Waals surface area (Å²) in [5.74, 6) is -0.441. The van der Waals surface area contributed by atoms with E-state index in [0.717, 1.165) is 15.4 Å². The minimum atomic E-state index is -0.441. The summed E-state index contributed by atoms with van der Waals surface area (Å²) < 4.78 is 5.21. The maximum absolute atomic E-state index is 11.9. The molecule has 0 aliphatic rings. The van der Waals surface area contributed by atoms with Gasteiger partial charge in [0.05, 0.1) is 4.88 Å². The number of rotatable bonds is 4. The molecule has 21 heavy (non-hydrogen) atoms. The zero-order chi connectivity index (χ0) is 14.7. The van der Waals surface area contributed by atoms with Crippen molar-refractivity contribution in [2.75, 3.05) is 0 Å². The van der Waals surface area contributed by atoms with E-state index in [0.29, 0.717) is 10.8 Å². The highest BCUT2D eigenvalue weighted by Gasteiger charge is 2.13. The molecule has 0 atom stereocenters. The number of hydrogen-bond acceptors (Lipinski definition) is 6. The van der Waals surface area contributed by atoms with Gasteiger partial charge in [0, 0.05) is 17.1 Å². The minimum absolute atomic E-state index is 0.148. The zero-order valence-corrected chi connectivity index (χ0v) is 13.0. The first-order valence-corrected chi connectivity index (χ1v) is 8.13. The largest absolute Gasteiger partial charge is 0.456 e. The van der Waals surface area contributed by atoms with Crippen molar-refractivity contribution in [2.45, 2.75) is 6.61 Å². The van der Waals surface area contributed by atoms with Crippen LogP contribution in [-0.4, -0.2) is 15.9 Å². The summed E-state index contributed by atoms with van der Waals surface area (Å²) in [4.78, 5) is 21.2. The van der Waals surface area contributed by atoms with Gasteiger partial charge in [-0.05, 0) is 17.5 Å². The lowest BCUT2D eigenvalue weighted by Crippen LogP contribution is -2.05. The van der Waals surface area contributed by atoms with Gasteiger partial charge < -0.3 is 4.74 Å². The molecule has 0 unspecified atom stereocenters. The van der Waals surface area contributed by atoms with Crippen LogP contribution in [0.1, 0.15) is 16.1 Å². The molecule has 0 saturated heterocycles. The van der Waals surface area contributed by atoms with Gasteiger partial charge in [0.25, 0.3) is 0 Å². The van der Waals surface area contributed by atoms with Gasteiger partial charge in [0.2, 0.25) is 0 Å². The first kappa shape index (κ1) is 14.2. The Hall–Kier alpha value is -1.76. The number of carbonyl (C=O) groups excluding carboxylic acids is 1. The van der Waals surface area contributed by atoms with Crippen LogP contribution in [0.3, 0.4) is 0 Å². The summed E-state index contributed by atoms with van der Waals surface area (Å²) in [6.07, 6.45) is 1.58. The number of nitrogens with zero attached hydrogens (tertiary/aromatic N) is 2. The third-order valence-electron chi connectivity index (χ3n) is 2.60. The highest BCUT2D eigenvalue weighted by Crippen LogP contribution is 2.28. The number of thiazole rings is 1. The quantitative estimate of drug-likeness (QED) is 0.527. The summed E-state index contributed by atoms with van der Waals surface area (Å²) >= 11 is 8.71.